The molecule has 8 nitrogen and oxygen atoms in total. The molecule has 0 saturated carbocycles. The molecular formula is C17H23N3O5. The van der Waals surface area contributed by atoms with E-state index < -0.39 is 30.1 Å². The van der Waals surface area contributed by atoms with E-state index in [1.165, 1.54) is 11.9 Å². The van der Waals surface area contributed by atoms with E-state index in [1.807, 2.05) is 30.3 Å². The van der Waals surface area contributed by atoms with Gasteiger partial charge in [-0.05, 0) is 31.2 Å². The highest BCUT2D eigenvalue weighted by Gasteiger charge is 2.36. The van der Waals surface area contributed by atoms with E-state index in [4.69, 9.17) is 5.11 Å². The summed E-state index contributed by atoms with van der Waals surface area (Å²) in [5.74, 6) is -2.11. The predicted molar refractivity (Wildman–Crippen MR) is 89.8 cm³/mol. The minimum Gasteiger partial charge on any atom is -0.480 e. The number of likely N-dealkylation sites (tertiary alicyclic amines) is 1. The van der Waals surface area contributed by atoms with Gasteiger partial charge in [-0.3, -0.25) is 9.80 Å². The molecule has 2 amide bonds. The Morgan fingerprint density at radius 3 is 2.56 bits per heavy atom. The van der Waals surface area contributed by atoms with E-state index in [-0.39, 0.29) is 0 Å². The number of carboxylic acid groups (broad SMARTS) is 2. The van der Waals surface area contributed by atoms with Gasteiger partial charge >= 0.3 is 18.0 Å². The number of hydrazine groups is 1. The second kappa shape index (κ2) is 8.48. The molecule has 136 valence electrons. The molecule has 25 heavy (non-hydrogen) atoms. The van der Waals surface area contributed by atoms with Crippen molar-refractivity contribution < 1.29 is 24.6 Å². The van der Waals surface area contributed by atoms with Crippen molar-refractivity contribution in [2.75, 3.05) is 13.6 Å². The zero-order valence-corrected chi connectivity index (χ0v) is 14.1. The second-order valence-corrected chi connectivity index (χ2v) is 6.08. The molecule has 1 aromatic rings. The smallest absolute Gasteiger partial charge is 0.334 e. The summed E-state index contributed by atoms with van der Waals surface area (Å²) in [6, 6.07) is 7.14. The highest BCUT2D eigenvalue weighted by molar-refractivity contribution is 5.83. The van der Waals surface area contributed by atoms with E-state index in [0.717, 1.165) is 10.6 Å². The fourth-order valence-electron chi connectivity index (χ4n) is 2.93. The van der Waals surface area contributed by atoms with Crippen molar-refractivity contribution in [2.45, 2.75) is 37.8 Å². The largest absolute Gasteiger partial charge is 0.480 e. The van der Waals surface area contributed by atoms with Gasteiger partial charge in [0.25, 0.3) is 0 Å². The monoisotopic (exact) mass is 349 g/mol. The summed E-state index contributed by atoms with van der Waals surface area (Å²) >= 11 is 0. The van der Waals surface area contributed by atoms with Crippen LogP contribution in [0.25, 0.3) is 0 Å². The maximum absolute atomic E-state index is 12.4. The first-order valence-electron chi connectivity index (χ1n) is 8.20. The summed E-state index contributed by atoms with van der Waals surface area (Å²) in [4.78, 5) is 36.3. The molecule has 3 N–H and O–H groups in total. The fraction of sp³-hybridized carbons (Fsp3) is 0.471. The van der Waals surface area contributed by atoms with Crippen molar-refractivity contribution in [1.29, 1.82) is 0 Å². The molecular weight excluding hydrogens is 326 g/mol. The van der Waals surface area contributed by atoms with Crippen LogP contribution in [0.2, 0.25) is 0 Å². The number of carbonyl (C=O) groups excluding carboxylic acids is 1. The van der Waals surface area contributed by atoms with E-state index >= 15 is 0 Å². The van der Waals surface area contributed by atoms with Gasteiger partial charge in [-0.1, -0.05) is 30.3 Å². The standard InChI is InChI=1S/C17H23N3O5/c1-19(17(25)20-11-5-8-14(20)16(23)24)18-13(15(21)22)10-9-12-6-3-2-4-7-12/h2-4,6-7,13-14,18H,5,8-11H2,1H3,(H,21,22)(H,23,24)/t13?,14-/m0/s1. The molecule has 1 heterocycles. The molecule has 0 radical (unpaired) electrons. The number of hydrogen-bond acceptors (Lipinski definition) is 4. The van der Waals surface area contributed by atoms with Gasteiger partial charge in [0, 0.05) is 13.6 Å². The van der Waals surface area contributed by atoms with Crippen LogP contribution in [0.3, 0.4) is 0 Å². The molecule has 2 atom stereocenters. The number of hydrogen-bond donors (Lipinski definition) is 3. The molecule has 1 aromatic carbocycles. The molecule has 0 aliphatic carbocycles. The van der Waals surface area contributed by atoms with Crippen LogP contribution in [0, 0.1) is 0 Å². The molecule has 0 bridgehead atoms. The molecule has 1 fully saturated rings. The van der Waals surface area contributed by atoms with Gasteiger partial charge in [0.05, 0.1) is 0 Å². The van der Waals surface area contributed by atoms with Gasteiger partial charge in [-0.25, -0.2) is 15.0 Å². The Morgan fingerprint density at radius 2 is 1.96 bits per heavy atom. The maximum atomic E-state index is 12.4. The van der Waals surface area contributed by atoms with Crippen LogP contribution in [0.4, 0.5) is 4.79 Å². The lowest BCUT2D eigenvalue weighted by atomic mass is 10.1. The average Bonchev–Trinajstić information content (AvgIpc) is 3.08. The van der Waals surface area contributed by atoms with Crippen molar-refractivity contribution in [2.24, 2.45) is 0 Å². The van der Waals surface area contributed by atoms with E-state index in [9.17, 15) is 19.5 Å². The van der Waals surface area contributed by atoms with E-state index in [2.05, 4.69) is 5.43 Å². The lowest BCUT2D eigenvalue weighted by Crippen LogP contribution is -2.55. The number of aliphatic carboxylic acids is 2. The first-order chi connectivity index (χ1) is 11.9. The van der Waals surface area contributed by atoms with E-state index in [0.29, 0.717) is 32.2 Å². The second-order valence-electron chi connectivity index (χ2n) is 6.08. The minimum absolute atomic E-state index is 0.305. The number of nitrogens with zero attached hydrogens (tertiary/aromatic N) is 2. The summed E-state index contributed by atoms with van der Waals surface area (Å²) in [5, 5.41) is 19.6. The van der Waals surface area contributed by atoms with Crippen LogP contribution < -0.4 is 5.43 Å². The Hall–Kier alpha value is -2.61. The summed E-state index contributed by atoms with van der Waals surface area (Å²) in [7, 11) is 1.41. The molecule has 1 aliphatic rings. The number of nitrogens with one attached hydrogen (secondary N) is 1. The Balaban J connectivity index is 1.95. The number of aryl methyl sites for hydroxylation is 1. The number of carbonyl (C=O) groups is 3. The topological polar surface area (TPSA) is 110 Å². The number of amides is 2. The summed E-state index contributed by atoms with van der Waals surface area (Å²) in [5.41, 5.74) is 3.68. The zero-order chi connectivity index (χ0) is 18.4. The number of urea groups is 1. The lowest BCUT2D eigenvalue weighted by molar-refractivity contribution is -0.143. The van der Waals surface area contributed by atoms with E-state index in [1.54, 1.807) is 0 Å². The number of carboxylic acids is 2. The highest BCUT2D eigenvalue weighted by atomic mass is 16.4. The van der Waals surface area contributed by atoms with Gasteiger partial charge in [0.2, 0.25) is 0 Å². The maximum Gasteiger partial charge on any atom is 0.334 e. The molecule has 1 aliphatic heterocycles. The summed E-state index contributed by atoms with van der Waals surface area (Å²) < 4.78 is 0. The highest BCUT2D eigenvalue weighted by Crippen LogP contribution is 2.18. The van der Waals surface area contributed by atoms with Crippen LogP contribution in [0.15, 0.2) is 30.3 Å². The average molecular weight is 349 g/mol. The van der Waals surface area contributed by atoms with Gasteiger partial charge in [0.15, 0.2) is 0 Å². The molecule has 0 spiro atoms. The lowest BCUT2D eigenvalue weighted by Gasteiger charge is -2.29. The Morgan fingerprint density at radius 1 is 1.28 bits per heavy atom. The first kappa shape index (κ1) is 18.7. The van der Waals surface area contributed by atoms with Crippen LogP contribution in [0.5, 0.6) is 0 Å². The van der Waals surface area contributed by atoms with Crippen molar-refractivity contribution in [3.8, 4) is 0 Å². The SMILES string of the molecule is CN(NC(CCc1ccccc1)C(=O)O)C(=O)N1CCC[C@H]1C(=O)O. The summed E-state index contributed by atoms with van der Waals surface area (Å²) in [6.07, 6.45) is 1.88. The Labute approximate surface area is 146 Å². The predicted octanol–water partition coefficient (Wildman–Crippen LogP) is 1.18. The van der Waals surface area contributed by atoms with Gasteiger partial charge < -0.3 is 15.1 Å². The number of benzene rings is 1. The third-order valence-corrected chi connectivity index (χ3v) is 4.28. The zero-order valence-electron chi connectivity index (χ0n) is 14.1. The van der Waals surface area contributed by atoms with Crippen LogP contribution in [-0.2, 0) is 16.0 Å². The van der Waals surface area contributed by atoms with Gasteiger partial charge in [0.1, 0.15) is 12.1 Å². The quantitative estimate of drug-likeness (QED) is 0.638. The Bertz CT molecular complexity index is 622. The third-order valence-electron chi connectivity index (χ3n) is 4.28. The van der Waals surface area contributed by atoms with Gasteiger partial charge in [-0.2, -0.15) is 0 Å². The van der Waals surface area contributed by atoms with Gasteiger partial charge in [-0.15, -0.1) is 0 Å². The number of rotatable bonds is 7. The van der Waals surface area contributed by atoms with Crippen molar-refractivity contribution >= 4 is 18.0 Å². The van der Waals surface area contributed by atoms with Crippen LogP contribution in [0.1, 0.15) is 24.8 Å². The Kier molecular flexibility index (Phi) is 6.35. The van der Waals surface area contributed by atoms with Crippen molar-refractivity contribution in [3.63, 3.8) is 0 Å². The molecule has 1 saturated heterocycles. The van der Waals surface area contributed by atoms with Crippen molar-refractivity contribution in [3.05, 3.63) is 35.9 Å². The van der Waals surface area contributed by atoms with Crippen LogP contribution >= 0.6 is 0 Å². The molecule has 2 rings (SSSR count). The van der Waals surface area contributed by atoms with Crippen LogP contribution in [-0.4, -0.2) is 63.8 Å². The normalized spacial score (nSPS) is 18.0. The molecule has 8 heteroatoms. The minimum atomic E-state index is -1.06. The third kappa shape index (κ3) is 4.93. The fourth-order valence-corrected chi connectivity index (χ4v) is 2.93. The molecule has 0 aromatic heterocycles. The first-order valence-corrected chi connectivity index (χ1v) is 8.20. The molecule has 1 unspecified atom stereocenters. The summed E-state index contributed by atoms with van der Waals surface area (Å²) in [6.45, 7) is 0.351. The van der Waals surface area contributed by atoms with Crippen molar-refractivity contribution in [1.82, 2.24) is 15.3 Å².